The monoisotopic (exact) mass is 862 g/mol. The van der Waals surface area contributed by atoms with Gasteiger partial charge in [0.15, 0.2) is 0 Å². The van der Waals surface area contributed by atoms with Crippen molar-refractivity contribution < 1.29 is 45.8 Å². The summed E-state index contributed by atoms with van der Waals surface area (Å²) in [5.41, 5.74) is 6.43. The Bertz CT molecular complexity index is 2410. The topological polar surface area (TPSA) is 106 Å². The number of halogens is 6. The average molecular weight is 862 g/mol. The van der Waals surface area contributed by atoms with E-state index in [4.69, 9.17) is 4.98 Å². The van der Waals surface area contributed by atoms with Crippen LogP contribution >= 0.6 is 0 Å². The number of hydrogen-bond acceptors (Lipinski definition) is 6. The second-order valence-corrected chi connectivity index (χ2v) is 12.4. The predicted octanol–water partition coefficient (Wildman–Crippen LogP) is 10.6. The standard InChI is InChI=1S/C21H13F6N5.C21H17N3.Ru/c1-10-4-3-5-11(2)19(10)12-6-13(15-8-17(31-29-15)20(22,23)24)28-14(7-12)16-9-18(32-30-16)21(25,26)27;1-4-15-7-9-22-18(11-15)20-13-17(6-3)14-21(24-20)19-12-16(5-2)8-10-23-19;/h3-9H,1-2H3;4-14H,1-3H2;/q-2;;+2. The first kappa shape index (κ1) is 41.8. The van der Waals surface area contributed by atoms with Crippen molar-refractivity contribution in [2.24, 2.45) is 0 Å². The summed E-state index contributed by atoms with van der Waals surface area (Å²) in [6.07, 6.45) is -0.510. The van der Waals surface area contributed by atoms with Gasteiger partial charge in [-0.25, -0.2) is 4.98 Å². The zero-order chi connectivity index (χ0) is 40.2. The quantitative estimate of drug-likeness (QED) is 0.110. The van der Waals surface area contributed by atoms with E-state index in [-0.39, 0.29) is 42.3 Å². The van der Waals surface area contributed by atoms with Gasteiger partial charge in [-0.3, -0.25) is 15.0 Å². The van der Waals surface area contributed by atoms with Gasteiger partial charge in [0.1, 0.15) is 11.4 Å². The summed E-state index contributed by atoms with van der Waals surface area (Å²) in [7, 11) is 0. The van der Waals surface area contributed by atoms with E-state index in [0.717, 1.165) is 68.3 Å². The van der Waals surface area contributed by atoms with Crippen LogP contribution in [0.1, 0.15) is 39.2 Å². The van der Waals surface area contributed by atoms with Crippen molar-refractivity contribution in [2.75, 3.05) is 0 Å². The Morgan fingerprint density at radius 1 is 0.526 bits per heavy atom. The van der Waals surface area contributed by atoms with Crippen LogP contribution in [-0.4, -0.2) is 30.1 Å². The fraction of sp³-hybridized carbons (Fsp3) is 0.0952. The van der Waals surface area contributed by atoms with Crippen LogP contribution in [0.25, 0.3) is 74.9 Å². The molecule has 15 heteroatoms. The summed E-state index contributed by atoms with van der Waals surface area (Å²) in [5.74, 6) is 0. The zero-order valence-corrected chi connectivity index (χ0v) is 32.0. The average Bonchev–Trinajstić information content (AvgIpc) is 3.90. The third-order valence-electron chi connectivity index (χ3n) is 8.43. The van der Waals surface area contributed by atoms with Gasteiger partial charge < -0.3 is 20.4 Å². The third-order valence-corrected chi connectivity index (χ3v) is 8.43. The van der Waals surface area contributed by atoms with Crippen molar-refractivity contribution >= 4 is 18.2 Å². The molecule has 0 saturated carbocycles. The summed E-state index contributed by atoms with van der Waals surface area (Å²) >= 11 is 0. The van der Waals surface area contributed by atoms with E-state index in [0.29, 0.717) is 5.56 Å². The minimum atomic E-state index is -4.70. The second kappa shape index (κ2) is 17.2. The minimum absolute atomic E-state index is 0. The van der Waals surface area contributed by atoms with Crippen molar-refractivity contribution in [1.82, 2.24) is 40.3 Å². The van der Waals surface area contributed by atoms with E-state index in [9.17, 15) is 26.3 Å². The zero-order valence-electron chi connectivity index (χ0n) is 30.2. The second-order valence-electron chi connectivity index (χ2n) is 12.4. The van der Waals surface area contributed by atoms with Crippen molar-refractivity contribution in [3.05, 3.63) is 150 Å². The summed E-state index contributed by atoms with van der Waals surface area (Å²) in [5, 5.41) is 13.4. The number of hydrogen-bond donors (Lipinski definition) is 0. The first-order valence-electron chi connectivity index (χ1n) is 16.7. The van der Waals surface area contributed by atoms with Crippen LogP contribution in [0, 0.1) is 13.8 Å². The van der Waals surface area contributed by atoms with Crippen LogP contribution in [0.4, 0.5) is 26.3 Å². The molecule has 6 aromatic heterocycles. The van der Waals surface area contributed by atoms with Gasteiger partial charge in [0.05, 0.1) is 34.2 Å². The van der Waals surface area contributed by atoms with Gasteiger partial charge in [-0.05, 0) is 113 Å². The number of nitrogens with zero attached hydrogens (tertiary/aromatic N) is 8. The van der Waals surface area contributed by atoms with Gasteiger partial charge >= 0.3 is 31.8 Å². The smallest absolute Gasteiger partial charge is 0.573 e. The van der Waals surface area contributed by atoms with Crippen molar-refractivity contribution in [1.29, 1.82) is 0 Å². The summed E-state index contributed by atoms with van der Waals surface area (Å²) in [4.78, 5) is 17.8. The maximum Gasteiger partial charge on any atom is 2.00 e. The number of alkyl halides is 6. The molecule has 0 unspecified atom stereocenters. The van der Waals surface area contributed by atoms with Crippen LogP contribution in [-0.2, 0) is 31.8 Å². The Morgan fingerprint density at radius 3 is 1.32 bits per heavy atom. The van der Waals surface area contributed by atoms with Gasteiger partial charge in [0.25, 0.3) is 0 Å². The van der Waals surface area contributed by atoms with Crippen molar-refractivity contribution in [3.63, 3.8) is 0 Å². The number of pyridine rings is 4. The Kier molecular flexibility index (Phi) is 12.6. The molecule has 57 heavy (non-hydrogen) atoms. The first-order valence-corrected chi connectivity index (χ1v) is 16.7. The molecule has 7 aromatic rings. The molecule has 7 rings (SSSR count). The summed E-state index contributed by atoms with van der Waals surface area (Å²) < 4.78 is 77.9. The van der Waals surface area contributed by atoms with Crippen LogP contribution in [0.15, 0.2) is 111 Å². The van der Waals surface area contributed by atoms with Crippen LogP contribution in [0.2, 0.25) is 0 Å². The molecular weight excluding hydrogens is 832 g/mol. The fourth-order valence-corrected chi connectivity index (χ4v) is 5.68. The van der Waals surface area contributed by atoms with Crippen LogP contribution in [0.5, 0.6) is 0 Å². The molecule has 0 N–H and O–H groups in total. The van der Waals surface area contributed by atoms with Crippen molar-refractivity contribution in [2.45, 2.75) is 26.2 Å². The molecule has 0 spiro atoms. The maximum absolute atomic E-state index is 13.0. The first-order chi connectivity index (χ1) is 26.7. The summed E-state index contributed by atoms with van der Waals surface area (Å²) in [6, 6.07) is 21.7. The largest absolute Gasteiger partial charge is 2.00 e. The third kappa shape index (κ3) is 9.73. The normalized spacial score (nSPS) is 11.2. The molecule has 8 nitrogen and oxygen atoms in total. The molecule has 0 atom stereocenters. The molecule has 0 aliphatic carbocycles. The SMILES string of the molecule is C=Cc1ccnc(-c2cc(C=C)cc(-c3cc(C=C)ccn3)n2)c1.Cc1cccc(C)c1-c1cc(-c2cc(C(F)(F)F)n[n-]2)nc(-c2cc(C(F)(F)F)n[n-]2)c1.[Ru+2]. The molecular formula is C42H30F6N8Ru. The Balaban J connectivity index is 0.000000222. The number of aromatic nitrogens is 8. The van der Waals surface area contributed by atoms with E-state index in [1.54, 1.807) is 30.6 Å². The molecule has 0 fully saturated rings. The predicted molar refractivity (Wildman–Crippen MR) is 203 cm³/mol. The molecule has 0 amide bonds. The van der Waals surface area contributed by atoms with Gasteiger partial charge in [0, 0.05) is 12.4 Å². The van der Waals surface area contributed by atoms with Gasteiger partial charge in [0.2, 0.25) is 0 Å². The number of aryl methyl sites for hydroxylation is 2. The molecule has 0 saturated heterocycles. The molecule has 1 aromatic carbocycles. The Hall–Kier alpha value is -6.34. The Morgan fingerprint density at radius 2 is 0.930 bits per heavy atom. The van der Waals surface area contributed by atoms with Gasteiger partial charge in [-0.2, -0.15) is 26.3 Å². The van der Waals surface area contributed by atoms with Gasteiger partial charge in [-0.1, -0.05) is 67.6 Å². The maximum atomic E-state index is 13.0. The number of rotatable bonds is 8. The van der Waals surface area contributed by atoms with E-state index in [2.05, 4.69) is 55.1 Å². The van der Waals surface area contributed by atoms with E-state index < -0.39 is 23.7 Å². The van der Waals surface area contributed by atoms with Crippen molar-refractivity contribution in [3.8, 4) is 56.7 Å². The Labute approximate surface area is 336 Å². The molecule has 0 bridgehead atoms. The van der Waals surface area contributed by atoms with E-state index >= 15 is 0 Å². The minimum Gasteiger partial charge on any atom is -0.573 e. The van der Waals surface area contributed by atoms with Crippen LogP contribution < -0.4 is 10.2 Å². The number of benzene rings is 1. The molecule has 6 heterocycles. The molecule has 288 valence electrons. The fourth-order valence-electron chi connectivity index (χ4n) is 5.68. The molecule has 0 aliphatic rings. The molecule has 0 radical (unpaired) electrons. The molecule has 0 aliphatic heterocycles. The van der Waals surface area contributed by atoms with E-state index in [1.165, 1.54) is 12.1 Å². The van der Waals surface area contributed by atoms with E-state index in [1.807, 2.05) is 68.4 Å². The van der Waals surface area contributed by atoms with Gasteiger partial charge in [-0.15, -0.1) is 0 Å². The van der Waals surface area contributed by atoms with Crippen LogP contribution in [0.3, 0.4) is 0 Å². The summed E-state index contributed by atoms with van der Waals surface area (Å²) in [6.45, 7) is 15.2.